The number of hydrogen-bond donors (Lipinski definition) is 2. The number of pyridine rings is 1. The van der Waals surface area contributed by atoms with Crippen LogP contribution in [0.2, 0.25) is 10.2 Å². The van der Waals surface area contributed by atoms with Crippen molar-refractivity contribution in [3.63, 3.8) is 0 Å². The highest BCUT2D eigenvalue weighted by molar-refractivity contribution is 6.34. The SMILES string of the molecule is CC(C)(CC(=O)O)NC(=O)c1nc(Cl)ccc1Cl. The molecule has 0 aromatic carbocycles. The zero-order valence-corrected chi connectivity index (χ0v) is 11.3. The van der Waals surface area contributed by atoms with Crippen molar-refractivity contribution in [1.82, 2.24) is 10.3 Å². The van der Waals surface area contributed by atoms with Gasteiger partial charge >= 0.3 is 5.97 Å². The average Bonchev–Trinajstić information content (AvgIpc) is 2.18. The van der Waals surface area contributed by atoms with E-state index >= 15 is 0 Å². The van der Waals surface area contributed by atoms with Gasteiger partial charge in [-0.25, -0.2) is 4.98 Å². The molecule has 1 aromatic rings. The summed E-state index contributed by atoms with van der Waals surface area (Å²) < 4.78 is 0. The fourth-order valence-corrected chi connectivity index (χ4v) is 1.70. The lowest BCUT2D eigenvalue weighted by Crippen LogP contribution is -2.45. The van der Waals surface area contributed by atoms with Gasteiger partial charge in [-0.05, 0) is 26.0 Å². The predicted molar refractivity (Wildman–Crippen MR) is 68.1 cm³/mol. The first-order valence-electron chi connectivity index (χ1n) is 5.07. The second-order valence-electron chi connectivity index (χ2n) is 4.37. The summed E-state index contributed by atoms with van der Waals surface area (Å²) in [5, 5.41) is 11.6. The molecule has 0 atom stereocenters. The molecule has 0 radical (unpaired) electrons. The van der Waals surface area contributed by atoms with Crippen molar-refractivity contribution in [2.45, 2.75) is 25.8 Å². The second kappa shape index (κ2) is 5.54. The van der Waals surface area contributed by atoms with E-state index in [1.54, 1.807) is 13.8 Å². The number of nitrogens with one attached hydrogen (secondary N) is 1. The molecular weight excluding hydrogens is 279 g/mol. The zero-order chi connectivity index (χ0) is 13.9. The van der Waals surface area contributed by atoms with Crippen molar-refractivity contribution in [2.75, 3.05) is 0 Å². The fraction of sp³-hybridized carbons (Fsp3) is 0.364. The number of nitrogens with zero attached hydrogens (tertiary/aromatic N) is 1. The minimum atomic E-state index is -1.01. The lowest BCUT2D eigenvalue weighted by atomic mass is 10.0. The summed E-state index contributed by atoms with van der Waals surface area (Å²) in [5.41, 5.74) is -0.932. The number of rotatable bonds is 4. The molecule has 0 bridgehead atoms. The summed E-state index contributed by atoms with van der Waals surface area (Å²) in [6.45, 7) is 3.19. The first kappa shape index (κ1) is 14.7. The minimum Gasteiger partial charge on any atom is -0.481 e. The van der Waals surface area contributed by atoms with Crippen LogP contribution in [0.15, 0.2) is 12.1 Å². The summed E-state index contributed by atoms with van der Waals surface area (Å²) in [4.78, 5) is 26.4. The Kier molecular flexibility index (Phi) is 4.53. The molecule has 1 aromatic heterocycles. The molecule has 0 aliphatic heterocycles. The van der Waals surface area contributed by atoms with E-state index < -0.39 is 17.4 Å². The highest BCUT2D eigenvalue weighted by Gasteiger charge is 2.26. The number of hydrogen-bond acceptors (Lipinski definition) is 3. The molecule has 0 aliphatic carbocycles. The summed E-state index contributed by atoms with van der Waals surface area (Å²) in [7, 11) is 0. The number of amides is 1. The molecule has 0 aliphatic rings. The number of carbonyl (C=O) groups is 2. The van der Waals surface area contributed by atoms with Crippen LogP contribution in [-0.2, 0) is 4.79 Å². The molecule has 5 nitrogen and oxygen atoms in total. The van der Waals surface area contributed by atoms with Crippen molar-refractivity contribution in [2.24, 2.45) is 0 Å². The van der Waals surface area contributed by atoms with Crippen molar-refractivity contribution >= 4 is 35.1 Å². The van der Waals surface area contributed by atoms with Gasteiger partial charge in [-0.3, -0.25) is 9.59 Å². The van der Waals surface area contributed by atoms with Crippen LogP contribution < -0.4 is 5.32 Å². The lowest BCUT2D eigenvalue weighted by Gasteiger charge is -2.24. The number of aliphatic carboxylic acids is 1. The monoisotopic (exact) mass is 290 g/mol. The minimum absolute atomic E-state index is 0.0253. The third-order valence-corrected chi connectivity index (χ3v) is 2.59. The molecule has 0 fully saturated rings. The largest absolute Gasteiger partial charge is 0.481 e. The fourth-order valence-electron chi connectivity index (χ4n) is 1.37. The van der Waals surface area contributed by atoms with Crippen molar-refractivity contribution in [1.29, 1.82) is 0 Å². The van der Waals surface area contributed by atoms with Crippen LogP contribution >= 0.6 is 23.2 Å². The molecular formula is C11H12Cl2N2O3. The highest BCUT2D eigenvalue weighted by atomic mass is 35.5. The third-order valence-electron chi connectivity index (χ3n) is 2.07. The molecule has 1 heterocycles. The van der Waals surface area contributed by atoms with E-state index in [0.29, 0.717) is 0 Å². The molecule has 0 spiro atoms. The maximum Gasteiger partial charge on any atom is 0.305 e. The van der Waals surface area contributed by atoms with Gasteiger partial charge in [0.25, 0.3) is 5.91 Å². The van der Waals surface area contributed by atoms with E-state index in [4.69, 9.17) is 28.3 Å². The number of halogens is 2. The van der Waals surface area contributed by atoms with Crippen LogP contribution in [0.4, 0.5) is 0 Å². The molecule has 0 saturated heterocycles. The normalized spacial score (nSPS) is 11.1. The Labute approximate surface area is 114 Å². The van der Waals surface area contributed by atoms with E-state index in [1.165, 1.54) is 12.1 Å². The summed E-state index contributed by atoms with van der Waals surface area (Å²) in [5.74, 6) is -1.57. The molecule has 1 rings (SSSR count). The quantitative estimate of drug-likeness (QED) is 0.835. The van der Waals surface area contributed by atoms with Crippen LogP contribution in [0.5, 0.6) is 0 Å². The van der Waals surface area contributed by atoms with E-state index in [0.717, 1.165) is 0 Å². The lowest BCUT2D eigenvalue weighted by molar-refractivity contribution is -0.138. The molecule has 18 heavy (non-hydrogen) atoms. The number of carboxylic acid groups (broad SMARTS) is 1. The zero-order valence-electron chi connectivity index (χ0n) is 9.83. The molecule has 0 unspecified atom stereocenters. The van der Waals surface area contributed by atoms with Gasteiger partial charge in [-0.1, -0.05) is 23.2 Å². The van der Waals surface area contributed by atoms with Gasteiger partial charge in [0.15, 0.2) is 0 Å². The van der Waals surface area contributed by atoms with E-state index in [9.17, 15) is 9.59 Å². The predicted octanol–water partition coefficient (Wildman–Crippen LogP) is 2.37. The van der Waals surface area contributed by atoms with Gasteiger partial charge in [0.05, 0.1) is 11.4 Å². The number of aromatic nitrogens is 1. The first-order valence-corrected chi connectivity index (χ1v) is 5.83. The number of carboxylic acids is 1. The Hall–Kier alpha value is -1.33. The molecule has 98 valence electrons. The Morgan fingerprint density at radius 2 is 2.00 bits per heavy atom. The Balaban J connectivity index is 2.88. The maximum atomic E-state index is 11.9. The van der Waals surface area contributed by atoms with E-state index in [1.807, 2.05) is 0 Å². The Bertz CT molecular complexity index is 489. The smallest absolute Gasteiger partial charge is 0.305 e. The second-order valence-corrected chi connectivity index (χ2v) is 5.17. The van der Waals surface area contributed by atoms with Crippen LogP contribution in [0, 0.1) is 0 Å². The summed E-state index contributed by atoms with van der Waals surface area (Å²) >= 11 is 11.5. The van der Waals surface area contributed by atoms with Gasteiger partial charge in [0.2, 0.25) is 0 Å². The van der Waals surface area contributed by atoms with Crippen LogP contribution in [0.1, 0.15) is 30.8 Å². The summed E-state index contributed by atoms with van der Waals surface area (Å²) in [6, 6.07) is 2.92. The van der Waals surface area contributed by atoms with E-state index in [-0.39, 0.29) is 22.3 Å². The first-order chi connectivity index (χ1) is 8.21. The Morgan fingerprint density at radius 3 is 2.56 bits per heavy atom. The van der Waals surface area contributed by atoms with Crippen molar-refractivity contribution in [3.8, 4) is 0 Å². The van der Waals surface area contributed by atoms with Crippen LogP contribution in [-0.4, -0.2) is 27.5 Å². The summed E-state index contributed by atoms with van der Waals surface area (Å²) in [6.07, 6.45) is -0.211. The van der Waals surface area contributed by atoms with Gasteiger partial charge < -0.3 is 10.4 Å². The molecule has 7 heteroatoms. The van der Waals surface area contributed by atoms with Crippen LogP contribution in [0.25, 0.3) is 0 Å². The molecule has 0 saturated carbocycles. The van der Waals surface area contributed by atoms with Gasteiger partial charge in [0, 0.05) is 5.54 Å². The standard InChI is InChI=1S/C11H12Cl2N2O3/c1-11(2,5-8(16)17)15-10(18)9-6(12)3-4-7(13)14-9/h3-4H,5H2,1-2H3,(H,15,18)(H,16,17). The van der Waals surface area contributed by atoms with Gasteiger partial charge in [-0.15, -0.1) is 0 Å². The molecule has 2 N–H and O–H groups in total. The topological polar surface area (TPSA) is 79.3 Å². The highest BCUT2D eigenvalue weighted by Crippen LogP contribution is 2.18. The van der Waals surface area contributed by atoms with Crippen LogP contribution in [0.3, 0.4) is 0 Å². The maximum absolute atomic E-state index is 11.9. The van der Waals surface area contributed by atoms with E-state index in [2.05, 4.69) is 10.3 Å². The average molecular weight is 291 g/mol. The van der Waals surface area contributed by atoms with Gasteiger partial charge in [-0.2, -0.15) is 0 Å². The molecule has 1 amide bonds. The van der Waals surface area contributed by atoms with Crippen molar-refractivity contribution in [3.05, 3.63) is 28.0 Å². The third kappa shape index (κ3) is 4.16. The van der Waals surface area contributed by atoms with Gasteiger partial charge in [0.1, 0.15) is 10.8 Å². The van der Waals surface area contributed by atoms with Crippen molar-refractivity contribution < 1.29 is 14.7 Å². The Morgan fingerprint density at radius 1 is 1.39 bits per heavy atom. The number of carbonyl (C=O) groups excluding carboxylic acids is 1.